The molecule has 2 aromatic carbocycles. The fraction of sp³-hybridized carbons (Fsp3) is 0.263. The molecule has 0 bridgehead atoms. The first-order chi connectivity index (χ1) is 11.5. The lowest BCUT2D eigenvalue weighted by atomic mass is 10.1. The Labute approximate surface area is 142 Å². The van der Waals surface area contributed by atoms with Gasteiger partial charge >= 0.3 is 5.97 Å². The quantitative estimate of drug-likeness (QED) is 0.829. The minimum Gasteiger partial charge on any atom is -0.465 e. The van der Waals surface area contributed by atoms with Gasteiger partial charge in [-0.25, -0.2) is 4.79 Å². The summed E-state index contributed by atoms with van der Waals surface area (Å²) in [5, 5.41) is 2.80. The van der Waals surface area contributed by atoms with Gasteiger partial charge < -0.3 is 10.1 Å². The summed E-state index contributed by atoms with van der Waals surface area (Å²) in [4.78, 5) is 25.6. The summed E-state index contributed by atoms with van der Waals surface area (Å²) in [5.74, 6) is -0.559. The summed E-state index contributed by atoms with van der Waals surface area (Å²) in [6.45, 7) is 3.01. The summed E-state index contributed by atoms with van der Waals surface area (Å²) in [6, 6.07) is 14.8. The van der Waals surface area contributed by atoms with Crippen molar-refractivity contribution in [3.8, 4) is 0 Å². The van der Waals surface area contributed by atoms with Gasteiger partial charge in [-0.1, -0.05) is 30.3 Å². The van der Waals surface area contributed by atoms with E-state index in [1.165, 1.54) is 18.2 Å². The molecule has 24 heavy (non-hydrogen) atoms. The summed E-state index contributed by atoms with van der Waals surface area (Å²) in [7, 11) is 3.23. The minimum absolute atomic E-state index is 0.131. The molecule has 2 aromatic rings. The molecule has 0 aromatic heterocycles. The van der Waals surface area contributed by atoms with Crippen LogP contribution in [0.3, 0.4) is 0 Å². The van der Waals surface area contributed by atoms with Crippen molar-refractivity contribution in [2.75, 3.05) is 26.0 Å². The van der Waals surface area contributed by atoms with Crippen molar-refractivity contribution in [1.82, 2.24) is 4.90 Å². The Morgan fingerprint density at radius 1 is 1.12 bits per heavy atom. The molecule has 0 radical (unpaired) electrons. The summed E-state index contributed by atoms with van der Waals surface area (Å²) in [5.41, 5.74) is 3.38. The number of anilines is 1. The lowest BCUT2D eigenvalue weighted by Gasteiger charge is -2.17. The van der Waals surface area contributed by atoms with E-state index >= 15 is 0 Å². The summed E-state index contributed by atoms with van der Waals surface area (Å²) < 4.78 is 4.68. The first-order valence-electron chi connectivity index (χ1n) is 7.71. The van der Waals surface area contributed by atoms with Crippen molar-refractivity contribution in [2.45, 2.75) is 13.5 Å². The molecule has 5 nitrogen and oxygen atoms in total. The van der Waals surface area contributed by atoms with Crippen LogP contribution < -0.4 is 5.32 Å². The first-order valence-corrected chi connectivity index (χ1v) is 7.71. The van der Waals surface area contributed by atoms with Crippen LogP contribution in [-0.4, -0.2) is 37.5 Å². The second kappa shape index (κ2) is 8.26. The number of esters is 1. The van der Waals surface area contributed by atoms with Crippen LogP contribution in [-0.2, 0) is 16.1 Å². The van der Waals surface area contributed by atoms with Gasteiger partial charge in [-0.2, -0.15) is 0 Å². The molecule has 0 aliphatic carbocycles. The van der Waals surface area contributed by atoms with Gasteiger partial charge in [0.2, 0.25) is 5.91 Å². The van der Waals surface area contributed by atoms with E-state index in [1.54, 1.807) is 24.3 Å². The van der Waals surface area contributed by atoms with Gasteiger partial charge in [-0.15, -0.1) is 0 Å². The Hall–Kier alpha value is -2.66. The first kappa shape index (κ1) is 17.7. The molecule has 0 aliphatic rings. The molecule has 0 heterocycles. The molecule has 0 saturated carbocycles. The minimum atomic E-state index is -0.428. The molecule has 0 aliphatic heterocycles. The molecular formula is C19H22N2O3. The number of ether oxygens (including phenoxy) is 1. The van der Waals surface area contributed by atoms with Gasteiger partial charge in [0, 0.05) is 12.2 Å². The molecule has 5 heteroatoms. The van der Waals surface area contributed by atoms with E-state index < -0.39 is 5.97 Å². The van der Waals surface area contributed by atoms with Gasteiger partial charge in [0.05, 0.1) is 19.2 Å². The molecule has 1 N–H and O–H groups in total. The van der Waals surface area contributed by atoms with E-state index in [9.17, 15) is 9.59 Å². The third-order valence-electron chi connectivity index (χ3n) is 3.68. The number of nitrogens with one attached hydrogen (secondary N) is 1. The second-order valence-corrected chi connectivity index (χ2v) is 5.72. The van der Waals surface area contributed by atoms with E-state index in [4.69, 9.17) is 0 Å². The molecule has 0 fully saturated rings. The molecule has 0 spiro atoms. The number of likely N-dealkylation sites (N-methyl/N-ethyl adjacent to an activating group) is 1. The van der Waals surface area contributed by atoms with Crippen molar-refractivity contribution < 1.29 is 14.3 Å². The predicted octanol–water partition coefficient (Wildman–Crippen LogP) is 2.85. The number of amides is 1. The fourth-order valence-corrected chi connectivity index (χ4v) is 2.42. The number of rotatable bonds is 6. The smallest absolute Gasteiger partial charge is 0.337 e. The molecule has 1 amide bonds. The molecule has 0 atom stereocenters. The van der Waals surface area contributed by atoms with Crippen molar-refractivity contribution in [3.63, 3.8) is 0 Å². The Morgan fingerprint density at radius 2 is 1.88 bits per heavy atom. The second-order valence-electron chi connectivity index (χ2n) is 5.72. The van der Waals surface area contributed by atoms with Crippen LogP contribution in [0.4, 0.5) is 5.69 Å². The topological polar surface area (TPSA) is 58.6 Å². The van der Waals surface area contributed by atoms with Gasteiger partial charge in [0.15, 0.2) is 0 Å². The van der Waals surface area contributed by atoms with Crippen LogP contribution in [0.1, 0.15) is 21.5 Å². The molecule has 0 saturated heterocycles. The number of hydrogen-bond donors (Lipinski definition) is 1. The normalized spacial score (nSPS) is 10.5. The number of nitrogens with zero attached hydrogens (tertiary/aromatic N) is 1. The fourth-order valence-electron chi connectivity index (χ4n) is 2.42. The number of aryl methyl sites for hydroxylation is 1. The third-order valence-corrected chi connectivity index (χ3v) is 3.68. The monoisotopic (exact) mass is 326 g/mol. The summed E-state index contributed by atoms with van der Waals surface area (Å²) in [6.07, 6.45) is 0. The van der Waals surface area contributed by atoms with Crippen LogP contribution in [0.25, 0.3) is 0 Å². The molecule has 2 rings (SSSR count). The van der Waals surface area contributed by atoms with E-state index in [1.807, 2.05) is 24.1 Å². The molecular weight excluding hydrogens is 304 g/mol. The Bertz CT molecular complexity index is 728. The largest absolute Gasteiger partial charge is 0.465 e. The maximum absolute atomic E-state index is 12.2. The third kappa shape index (κ3) is 4.93. The Kier molecular flexibility index (Phi) is 6.09. The maximum Gasteiger partial charge on any atom is 0.337 e. The van der Waals surface area contributed by atoms with Crippen LogP contribution >= 0.6 is 0 Å². The average Bonchev–Trinajstić information content (AvgIpc) is 2.56. The Balaban J connectivity index is 1.93. The Morgan fingerprint density at radius 3 is 2.58 bits per heavy atom. The van der Waals surface area contributed by atoms with E-state index in [-0.39, 0.29) is 12.5 Å². The van der Waals surface area contributed by atoms with Crippen LogP contribution in [0.5, 0.6) is 0 Å². The van der Waals surface area contributed by atoms with E-state index in [0.29, 0.717) is 17.8 Å². The van der Waals surface area contributed by atoms with E-state index in [0.717, 1.165) is 0 Å². The lowest BCUT2D eigenvalue weighted by molar-refractivity contribution is -0.117. The zero-order valence-corrected chi connectivity index (χ0v) is 14.2. The average molecular weight is 326 g/mol. The zero-order chi connectivity index (χ0) is 17.5. The van der Waals surface area contributed by atoms with Crippen molar-refractivity contribution in [1.29, 1.82) is 0 Å². The van der Waals surface area contributed by atoms with Crippen LogP contribution in [0.15, 0.2) is 48.5 Å². The number of methoxy groups -OCH3 is 1. The van der Waals surface area contributed by atoms with Gasteiger partial charge in [-0.05, 0) is 43.3 Å². The number of benzene rings is 2. The van der Waals surface area contributed by atoms with Crippen molar-refractivity contribution in [2.24, 2.45) is 0 Å². The van der Waals surface area contributed by atoms with Crippen LogP contribution in [0, 0.1) is 6.92 Å². The van der Waals surface area contributed by atoms with Gasteiger partial charge in [0.25, 0.3) is 0 Å². The zero-order valence-electron chi connectivity index (χ0n) is 14.2. The predicted molar refractivity (Wildman–Crippen MR) is 93.9 cm³/mol. The highest BCUT2D eigenvalue weighted by Crippen LogP contribution is 2.12. The highest BCUT2D eigenvalue weighted by molar-refractivity contribution is 5.95. The van der Waals surface area contributed by atoms with Crippen molar-refractivity contribution in [3.05, 3.63) is 65.2 Å². The van der Waals surface area contributed by atoms with Gasteiger partial charge in [-0.3, -0.25) is 9.69 Å². The summed E-state index contributed by atoms with van der Waals surface area (Å²) >= 11 is 0. The highest BCUT2D eigenvalue weighted by Gasteiger charge is 2.10. The number of hydrogen-bond acceptors (Lipinski definition) is 4. The number of carbonyl (C=O) groups excluding carboxylic acids is 2. The SMILES string of the molecule is COC(=O)c1cccc(NC(=O)CN(C)Cc2ccccc2C)c1. The molecule has 0 unspecified atom stereocenters. The van der Waals surface area contributed by atoms with Crippen LogP contribution in [0.2, 0.25) is 0 Å². The highest BCUT2D eigenvalue weighted by atomic mass is 16.5. The lowest BCUT2D eigenvalue weighted by Crippen LogP contribution is -2.30. The number of carbonyl (C=O) groups is 2. The maximum atomic E-state index is 12.2. The molecule has 126 valence electrons. The van der Waals surface area contributed by atoms with E-state index in [2.05, 4.69) is 29.1 Å². The van der Waals surface area contributed by atoms with Gasteiger partial charge in [0.1, 0.15) is 0 Å². The standard InChI is InChI=1S/C19H22N2O3/c1-14-7-4-5-8-16(14)12-21(2)13-18(22)20-17-10-6-9-15(11-17)19(23)24-3/h4-11H,12-13H2,1-3H3,(H,20,22). The van der Waals surface area contributed by atoms with Crippen molar-refractivity contribution >= 4 is 17.6 Å².